The maximum atomic E-state index is 13.1. The lowest BCUT2D eigenvalue weighted by molar-refractivity contribution is -0.124. The number of nitrogens with zero attached hydrogens (tertiary/aromatic N) is 6. The number of aliphatic hydroxyl groups is 1. The molecule has 3 heterocycles. The molecule has 0 bridgehead atoms. The zero-order chi connectivity index (χ0) is 25.9. The van der Waals surface area contributed by atoms with Crippen molar-refractivity contribution in [3.05, 3.63) is 65.4 Å². The molecule has 192 valence electrons. The highest BCUT2D eigenvalue weighted by Gasteiger charge is 2.42. The van der Waals surface area contributed by atoms with E-state index in [0.717, 1.165) is 35.5 Å². The molecule has 1 aromatic heterocycles. The molecule has 0 radical (unpaired) electrons. The summed E-state index contributed by atoms with van der Waals surface area (Å²) in [4.78, 5) is 17.8. The third kappa shape index (κ3) is 4.72. The fraction of sp³-hybridized carbons (Fsp3) is 0.370. The van der Waals surface area contributed by atoms with Crippen molar-refractivity contribution in [2.45, 2.75) is 58.8 Å². The Labute approximate surface area is 215 Å². The lowest BCUT2D eigenvalue weighted by Gasteiger charge is -2.30. The second-order valence-electron chi connectivity index (χ2n) is 9.09. The summed E-state index contributed by atoms with van der Waals surface area (Å²) in [6.45, 7) is 6.61. The molecule has 0 saturated carbocycles. The van der Waals surface area contributed by atoms with E-state index >= 15 is 0 Å². The highest BCUT2D eigenvalue weighted by atomic mass is 16.5. The second kappa shape index (κ2) is 10.5. The number of nitrogens with one attached hydrogen (secondary N) is 1. The summed E-state index contributed by atoms with van der Waals surface area (Å²) in [7, 11) is 0. The Balaban J connectivity index is 1.53. The number of aliphatic hydroxyl groups excluding tert-OH is 1. The van der Waals surface area contributed by atoms with Gasteiger partial charge in [-0.25, -0.2) is 9.69 Å². The van der Waals surface area contributed by atoms with E-state index in [2.05, 4.69) is 27.5 Å². The van der Waals surface area contributed by atoms with Gasteiger partial charge in [0.05, 0.1) is 37.1 Å². The number of benzene rings is 2. The third-order valence-electron chi connectivity index (χ3n) is 6.46. The molecule has 2 aliphatic rings. The van der Waals surface area contributed by atoms with Crippen LogP contribution < -0.4 is 10.1 Å². The van der Waals surface area contributed by atoms with Gasteiger partial charge in [-0.1, -0.05) is 48.5 Å². The number of carbonyl (C=O) groups excluding carboxylic acids is 1. The van der Waals surface area contributed by atoms with Gasteiger partial charge in [0.25, 0.3) is 5.91 Å². The molecule has 3 aromatic rings. The number of aliphatic imine (C=N–C) groups is 1. The minimum Gasteiger partial charge on any atom is -0.493 e. The van der Waals surface area contributed by atoms with E-state index in [9.17, 15) is 9.90 Å². The molecule has 2 aliphatic heterocycles. The van der Waals surface area contributed by atoms with Gasteiger partial charge < -0.3 is 15.2 Å². The van der Waals surface area contributed by atoms with Crippen molar-refractivity contribution in [2.75, 3.05) is 6.61 Å². The molecule has 2 aromatic carbocycles. The summed E-state index contributed by atoms with van der Waals surface area (Å²) >= 11 is 0. The van der Waals surface area contributed by atoms with Crippen molar-refractivity contribution in [3.63, 3.8) is 0 Å². The molecule has 37 heavy (non-hydrogen) atoms. The van der Waals surface area contributed by atoms with Crippen LogP contribution in [0.25, 0.3) is 11.3 Å². The van der Waals surface area contributed by atoms with Crippen LogP contribution in [0.15, 0.2) is 58.6 Å². The van der Waals surface area contributed by atoms with Crippen molar-refractivity contribution in [2.24, 2.45) is 10.1 Å². The summed E-state index contributed by atoms with van der Waals surface area (Å²) in [6.07, 6.45) is 1.67. The fourth-order valence-corrected chi connectivity index (χ4v) is 4.82. The first-order valence-electron chi connectivity index (χ1n) is 12.6. The van der Waals surface area contributed by atoms with Crippen LogP contribution in [0.5, 0.6) is 5.75 Å². The molecular formula is C27H31N7O3. The van der Waals surface area contributed by atoms with Gasteiger partial charge in [0.1, 0.15) is 17.3 Å². The quantitative estimate of drug-likeness (QED) is 0.466. The van der Waals surface area contributed by atoms with Crippen LogP contribution >= 0.6 is 0 Å². The Kier molecular flexibility index (Phi) is 7.00. The Morgan fingerprint density at radius 1 is 1.14 bits per heavy atom. The van der Waals surface area contributed by atoms with Crippen molar-refractivity contribution >= 4 is 17.6 Å². The van der Waals surface area contributed by atoms with Crippen LogP contribution in [0.2, 0.25) is 0 Å². The van der Waals surface area contributed by atoms with Crippen molar-refractivity contribution in [3.8, 4) is 17.0 Å². The molecule has 2 atom stereocenters. The molecule has 0 spiro atoms. The Morgan fingerprint density at radius 3 is 2.68 bits per heavy atom. The van der Waals surface area contributed by atoms with E-state index in [1.54, 1.807) is 9.69 Å². The van der Waals surface area contributed by atoms with Gasteiger partial charge in [-0.2, -0.15) is 5.10 Å². The van der Waals surface area contributed by atoms with E-state index in [-0.39, 0.29) is 18.6 Å². The van der Waals surface area contributed by atoms with Gasteiger partial charge >= 0.3 is 0 Å². The molecule has 10 heteroatoms. The van der Waals surface area contributed by atoms with Gasteiger partial charge in [0.15, 0.2) is 11.9 Å². The number of hydrogen-bond acceptors (Lipinski definition) is 8. The van der Waals surface area contributed by atoms with E-state index in [0.29, 0.717) is 36.0 Å². The molecule has 2 unspecified atom stereocenters. The lowest BCUT2D eigenvalue weighted by Crippen LogP contribution is -2.54. The van der Waals surface area contributed by atoms with E-state index in [1.807, 2.05) is 62.4 Å². The number of fused-ring (bicyclic) bond motifs is 1. The van der Waals surface area contributed by atoms with Crippen LogP contribution in [0.1, 0.15) is 50.4 Å². The first kappa shape index (κ1) is 24.6. The average Bonchev–Trinajstić information content (AvgIpc) is 3.46. The summed E-state index contributed by atoms with van der Waals surface area (Å²) in [6, 6.07) is 14.9. The summed E-state index contributed by atoms with van der Waals surface area (Å²) in [5.74, 6) is 1.76. The largest absolute Gasteiger partial charge is 0.493 e. The smallest absolute Gasteiger partial charge is 0.252 e. The van der Waals surface area contributed by atoms with Gasteiger partial charge in [-0.3, -0.25) is 9.79 Å². The van der Waals surface area contributed by atoms with Gasteiger partial charge in [0, 0.05) is 12.0 Å². The SMILES string of the molecule is CCCC1=NC(C)C2C(=O)NC(c3cc(Cn4nnc(CO)c4-c4ccccc4)ccc3OCC)=NN12. The zero-order valence-electron chi connectivity index (χ0n) is 21.3. The first-order valence-corrected chi connectivity index (χ1v) is 12.6. The Hall–Kier alpha value is -4.05. The predicted octanol–water partition coefficient (Wildman–Crippen LogP) is 2.95. The number of rotatable bonds is 9. The summed E-state index contributed by atoms with van der Waals surface area (Å²) < 4.78 is 7.67. The van der Waals surface area contributed by atoms with Crippen LogP contribution in [0.3, 0.4) is 0 Å². The van der Waals surface area contributed by atoms with E-state index in [4.69, 9.17) is 9.84 Å². The van der Waals surface area contributed by atoms with Crippen molar-refractivity contribution in [1.29, 1.82) is 0 Å². The standard InChI is InChI=1S/C27H31N7O3/c1-4-9-23-28-17(3)24-27(36)29-26(31-34(23)24)20-14-18(12-13-22(20)37-5-2)15-33-25(21(16-35)30-32-33)19-10-7-6-8-11-19/h6-8,10-14,17,24,35H,4-5,9,15-16H2,1-3H3,(H,29,31,36). The molecule has 0 fully saturated rings. The molecule has 0 aliphatic carbocycles. The monoisotopic (exact) mass is 501 g/mol. The molecular weight excluding hydrogens is 470 g/mol. The fourth-order valence-electron chi connectivity index (χ4n) is 4.82. The van der Waals surface area contributed by atoms with Gasteiger partial charge in [-0.15, -0.1) is 5.10 Å². The molecule has 2 N–H and O–H groups in total. The normalized spacial score (nSPS) is 18.8. The molecule has 5 rings (SSSR count). The highest BCUT2D eigenvalue weighted by Crippen LogP contribution is 2.29. The number of amidine groups is 2. The van der Waals surface area contributed by atoms with Gasteiger partial charge in [0.2, 0.25) is 0 Å². The topological polar surface area (TPSA) is 117 Å². The van der Waals surface area contributed by atoms with Crippen LogP contribution in [0, 0.1) is 0 Å². The molecule has 10 nitrogen and oxygen atoms in total. The second-order valence-corrected chi connectivity index (χ2v) is 9.09. The minimum absolute atomic E-state index is 0.129. The van der Waals surface area contributed by atoms with Crippen LogP contribution in [-0.4, -0.2) is 61.4 Å². The van der Waals surface area contributed by atoms with Crippen molar-refractivity contribution in [1.82, 2.24) is 25.3 Å². The predicted molar refractivity (Wildman–Crippen MR) is 140 cm³/mol. The Bertz CT molecular complexity index is 1350. The highest BCUT2D eigenvalue weighted by molar-refractivity contribution is 6.13. The van der Waals surface area contributed by atoms with Gasteiger partial charge in [-0.05, 0) is 38.0 Å². The van der Waals surface area contributed by atoms with Crippen LogP contribution in [-0.2, 0) is 17.9 Å². The number of aromatic nitrogens is 3. The van der Waals surface area contributed by atoms with E-state index in [1.165, 1.54) is 0 Å². The molecule has 1 amide bonds. The lowest BCUT2D eigenvalue weighted by atomic mass is 10.1. The number of hydrazone groups is 1. The van der Waals surface area contributed by atoms with Crippen LogP contribution in [0.4, 0.5) is 0 Å². The first-order chi connectivity index (χ1) is 18.0. The summed E-state index contributed by atoms with van der Waals surface area (Å²) in [5, 5.41) is 27.9. The summed E-state index contributed by atoms with van der Waals surface area (Å²) in [5.41, 5.74) is 3.80. The van der Waals surface area contributed by atoms with Crippen molar-refractivity contribution < 1.29 is 14.6 Å². The average molecular weight is 502 g/mol. The number of carbonyl (C=O) groups is 1. The number of ether oxygens (including phenoxy) is 1. The maximum Gasteiger partial charge on any atom is 0.252 e. The number of amides is 1. The Morgan fingerprint density at radius 2 is 1.95 bits per heavy atom. The van der Waals surface area contributed by atoms with E-state index < -0.39 is 6.04 Å². The number of hydrogen-bond donors (Lipinski definition) is 2. The minimum atomic E-state index is -0.440. The third-order valence-corrected chi connectivity index (χ3v) is 6.46. The molecule has 0 saturated heterocycles. The maximum absolute atomic E-state index is 13.1. The zero-order valence-corrected chi connectivity index (χ0v) is 21.3.